The lowest BCUT2D eigenvalue weighted by Crippen LogP contribution is -2.59. The summed E-state index contributed by atoms with van der Waals surface area (Å²) in [6.45, 7) is 0.659. The third-order valence-corrected chi connectivity index (χ3v) is 4.35. The maximum atomic E-state index is 12.7. The molecule has 1 aromatic carbocycles. The Balaban J connectivity index is 1.78. The second-order valence-corrected chi connectivity index (χ2v) is 6.27. The molecule has 26 heavy (non-hydrogen) atoms. The molecule has 1 aromatic heterocycles. The van der Waals surface area contributed by atoms with Crippen molar-refractivity contribution in [1.29, 1.82) is 0 Å². The molecule has 0 radical (unpaired) electrons. The number of carbonyl (C=O) groups is 2. The van der Waals surface area contributed by atoms with Crippen molar-refractivity contribution in [3.63, 3.8) is 0 Å². The highest BCUT2D eigenvalue weighted by molar-refractivity contribution is 5.94. The van der Waals surface area contributed by atoms with E-state index in [1.807, 2.05) is 30.3 Å². The molecule has 0 N–H and O–H groups in total. The molecule has 0 spiro atoms. The molecule has 8 heteroatoms. The van der Waals surface area contributed by atoms with Crippen LogP contribution in [0.25, 0.3) is 0 Å². The van der Waals surface area contributed by atoms with Gasteiger partial charge < -0.3 is 19.1 Å². The average Bonchev–Trinajstić information content (AvgIpc) is 3.09. The lowest BCUT2D eigenvalue weighted by molar-refractivity contribution is -0.155. The molecule has 2 aromatic rings. The minimum atomic E-state index is -0.585. The van der Waals surface area contributed by atoms with Crippen LogP contribution >= 0.6 is 0 Å². The van der Waals surface area contributed by atoms with Crippen LogP contribution in [0.4, 0.5) is 0 Å². The highest BCUT2D eigenvalue weighted by atomic mass is 16.5. The number of piperazine rings is 1. The number of aromatic nitrogens is 2. The Morgan fingerprint density at radius 2 is 2.04 bits per heavy atom. The van der Waals surface area contributed by atoms with E-state index in [1.165, 1.54) is 9.80 Å². The zero-order chi connectivity index (χ0) is 18.5. The van der Waals surface area contributed by atoms with Gasteiger partial charge in [-0.05, 0) is 5.56 Å². The van der Waals surface area contributed by atoms with E-state index in [2.05, 4.69) is 10.1 Å². The highest BCUT2D eigenvalue weighted by Gasteiger charge is 2.38. The SMILES string of the molecule is COCCc1noc(CN2C(=O)CN(C)C(=O)[C@H]2Cc2ccccc2)n1. The van der Waals surface area contributed by atoms with Crippen LogP contribution in [0, 0.1) is 0 Å². The van der Waals surface area contributed by atoms with Gasteiger partial charge in [0, 0.05) is 27.0 Å². The summed E-state index contributed by atoms with van der Waals surface area (Å²) >= 11 is 0. The fourth-order valence-corrected chi connectivity index (χ4v) is 2.96. The van der Waals surface area contributed by atoms with E-state index in [4.69, 9.17) is 9.26 Å². The lowest BCUT2D eigenvalue weighted by Gasteiger charge is -2.38. The summed E-state index contributed by atoms with van der Waals surface area (Å²) in [5, 5.41) is 3.89. The third-order valence-electron chi connectivity index (χ3n) is 4.35. The van der Waals surface area contributed by atoms with Crippen LogP contribution in [0.1, 0.15) is 17.3 Å². The maximum absolute atomic E-state index is 12.7. The number of rotatable bonds is 7. The van der Waals surface area contributed by atoms with Gasteiger partial charge in [-0.25, -0.2) is 0 Å². The van der Waals surface area contributed by atoms with Crippen LogP contribution in [-0.4, -0.2) is 65.1 Å². The predicted molar refractivity (Wildman–Crippen MR) is 92.0 cm³/mol. The van der Waals surface area contributed by atoms with E-state index >= 15 is 0 Å². The summed E-state index contributed by atoms with van der Waals surface area (Å²) in [7, 11) is 3.24. The zero-order valence-corrected chi connectivity index (χ0v) is 14.9. The topological polar surface area (TPSA) is 88.8 Å². The Labute approximate surface area is 151 Å². The molecular weight excluding hydrogens is 336 g/mol. The molecule has 1 atom stereocenters. The molecule has 2 heterocycles. The molecule has 1 aliphatic rings. The van der Waals surface area contributed by atoms with Crippen LogP contribution in [0.15, 0.2) is 34.9 Å². The van der Waals surface area contributed by atoms with E-state index in [0.29, 0.717) is 31.2 Å². The van der Waals surface area contributed by atoms with Crippen molar-refractivity contribution >= 4 is 11.8 Å². The smallest absolute Gasteiger partial charge is 0.246 e. The fraction of sp³-hybridized carbons (Fsp3) is 0.444. The Morgan fingerprint density at radius 3 is 2.77 bits per heavy atom. The quantitative estimate of drug-likeness (QED) is 0.723. The van der Waals surface area contributed by atoms with E-state index < -0.39 is 6.04 Å². The monoisotopic (exact) mass is 358 g/mol. The van der Waals surface area contributed by atoms with Crippen LogP contribution in [0.2, 0.25) is 0 Å². The second kappa shape index (κ2) is 8.09. The first-order valence-electron chi connectivity index (χ1n) is 8.47. The third kappa shape index (κ3) is 4.08. The number of carbonyl (C=O) groups excluding carboxylic acids is 2. The van der Waals surface area contributed by atoms with Gasteiger partial charge in [0.05, 0.1) is 13.2 Å². The van der Waals surface area contributed by atoms with Gasteiger partial charge >= 0.3 is 0 Å². The first kappa shape index (κ1) is 18.1. The molecule has 138 valence electrons. The van der Waals surface area contributed by atoms with Crippen molar-refractivity contribution in [2.24, 2.45) is 0 Å². The Hall–Kier alpha value is -2.74. The summed E-state index contributed by atoms with van der Waals surface area (Å²) in [6.07, 6.45) is 0.976. The highest BCUT2D eigenvalue weighted by Crippen LogP contribution is 2.19. The van der Waals surface area contributed by atoms with Gasteiger partial charge in [0.1, 0.15) is 12.6 Å². The molecule has 0 unspecified atom stereocenters. The molecule has 3 rings (SSSR count). The fourth-order valence-electron chi connectivity index (χ4n) is 2.96. The summed E-state index contributed by atoms with van der Waals surface area (Å²) < 4.78 is 10.2. The van der Waals surface area contributed by atoms with Crippen LogP contribution < -0.4 is 0 Å². The molecule has 2 amide bonds. The van der Waals surface area contributed by atoms with Gasteiger partial charge in [-0.15, -0.1) is 0 Å². The molecular formula is C18H22N4O4. The first-order chi connectivity index (χ1) is 12.6. The molecule has 0 saturated carbocycles. The van der Waals surface area contributed by atoms with Gasteiger partial charge in [0.2, 0.25) is 17.7 Å². The molecule has 1 fully saturated rings. The van der Waals surface area contributed by atoms with Gasteiger partial charge in [0.15, 0.2) is 5.82 Å². The largest absolute Gasteiger partial charge is 0.384 e. The van der Waals surface area contributed by atoms with Crippen molar-refractivity contribution < 1.29 is 18.8 Å². The van der Waals surface area contributed by atoms with E-state index in [1.54, 1.807) is 14.2 Å². The second-order valence-electron chi connectivity index (χ2n) is 6.27. The minimum Gasteiger partial charge on any atom is -0.384 e. The number of methoxy groups -OCH3 is 1. The van der Waals surface area contributed by atoms with Crippen molar-refractivity contribution in [3.05, 3.63) is 47.6 Å². The van der Waals surface area contributed by atoms with Gasteiger partial charge in [-0.2, -0.15) is 4.98 Å². The normalized spacial score (nSPS) is 17.8. The maximum Gasteiger partial charge on any atom is 0.246 e. The van der Waals surface area contributed by atoms with Gasteiger partial charge in [-0.1, -0.05) is 35.5 Å². The summed E-state index contributed by atoms with van der Waals surface area (Å²) in [5.74, 6) is 0.617. The predicted octanol–water partition coefficient (Wildman–Crippen LogP) is 0.670. The van der Waals surface area contributed by atoms with Crippen molar-refractivity contribution in [1.82, 2.24) is 19.9 Å². The molecule has 0 bridgehead atoms. The Bertz CT molecular complexity index is 762. The van der Waals surface area contributed by atoms with Crippen LogP contribution in [0.3, 0.4) is 0 Å². The number of nitrogens with zero attached hydrogens (tertiary/aromatic N) is 4. The number of hydrogen-bond donors (Lipinski definition) is 0. The van der Waals surface area contributed by atoms with E-state index in [9.17, 15) is 9.59 Å². The standard InChI is InChI=1S/C18H22N4O4/c1-21-12-17(23)22(11-16-19-15(20-26-16)8-9-25-2)14(18(21)24)10-13-6-4-3-5-7-13/h3-7,14H,8-12H2,1-2H3/t14-/m1/s1. The zero-order valence-electron chi connectivity index (χ0n) is 14.9. The number of benzene rings is 1. The van der Waals surface area contributed by atoms with Crippen molar-refractivity contribution in [3.8, 4) is 0 Å². The van der Waals surface area contributed by atoms with Gasteiger partial charge in [0.25, 0.3) is 0 Å². The minimum absolute atomic E-state index is 0.0504. The molecule has 8 nitrogen and oxygen atoms in total. The van der Waals surface area contributed by atoms with E-state index in [0.717, 1.165) is 5.56 Å². The van der Waals surface area contributed by atoms with Crippen molar-refractivity contribution in [2.45, 2.75) is 25.4 Å². The summed E-state index contributed by atoms with van der Waals surface area (Å²) in [4.78, 5) is 32.5. The summed E-state index contributed by atoms with van der Waals surface area (Å²) in [5.41, 5.74) is 0.991. The Morgan fingerprint density at radius 1 is 1.27 bits per heavy atom. The summed E-state index contributed by atoms with van der Waals surface area (Å²) in [6, 6.07) is 9.05. The van der Waals surface area contributed by atoms with E-state index in [-0.39, 0.29) is 24.9 Å². The van der Waals surface area contributed by atoms with Gasteiger partial charge in [-0.3, -0.25) is 9.59 Å². The lowest BCUT2D eigenvalue weighted by atomic mass is 10.0. The molecule has 0 aliphatic carbocycles. The number of hydrogen-bond acceptors (Lipinski definition) is 6. The number of ether oxygens (including phenoxy) is 1. The number of likely N-dealkylation sites (N-methyl/N-ethyl adjacent to an activating group) is 1. The molecule has 1 saturated heterocycles. The number of amides is 2. The molecule has 1 aliphatic heterocycles. The Kier molecular flexibility index (Phi) is 5.62. The van der Waals surface area contributed by atoms with Crippen molar-refractivity contribution in [2.75, 3.05) is 27.3 Å². The van der Waals surface area contributed by atoms with Crippen LogP contribution in [-0.2, 0) is 33.7 Å². The first-order valence-corrected chi connectivity index (χ1v) is 8.47. The van der Waals surface area contributed by atoms with Crippen LogP contribution in [0.5, 0.6) is 0 Å². The average molecular weight is 358 g/mol.